The molecule has 1 fully saturated rings. The maximum Gasteiger partial charge on any atom is 0.407 e. The molecule has 3 heterocycles. The number of carbonyl (C=O) groups is 3. The molecule has 0 aliphatic carbocycles. The fourth-order valence-corrected chi connectivity index (χ4v) is 5.32. The van der Waals surface area contributed by atoms with Crippen LogP contribution in [-0.2, 0) is 29.7 Å². The fourth-order valence-electron chi connectivity index (χ4n) is 5.32. The quantitative estimate of drug-likeness (QED) is 0.238. The molecule has 4 rings (SSSR count). The van der Waals surface area contributed by atoms with Gasteiger partial charge in [0.15, 0.2) is 23.6 Å². The first-order valence-electron chi connectivity index (χ1n) is 15.4. The number of aromatic nitrogens is 4. The molecule has 2 aromatic heterocycles. The molecule has 0 radical (unpaired) electrons. The van der Waals surface area contributed by atoms with Crippen molar-refractivity contribution in [2.45, 2.75) is 72.2 Å². The summed E-state index contributed by atoms with van der Waals surface area (Å²) >= 11 is 0. The molecular weight excluding hydrogens is 594 g/mol. The van der Waals surface area contributed by atoms with Crippen LogP contribution in [0.25, 0.3) is 11.2 Å². The Morgan fingerprint density at radius 1 is 1.13 bits per heavy atom. The molecule has 1 aliphatic rings. The molecule has 2 amide bonds. The van der Waals surface area contributed by atoms with Gasteiger partial charge >= 0.3 is 11.8 Å². The van der Waals surface area contributed by atoms with Gasteiger partial charge in [-0.3, -0.25) is 23.5 Å². The topological polar surface area (TPSA) is 159 Å². The van der Waals surface area contributed by atoms with Crippen LogP contribution >= 0.6 is 0 Å². The van der Waals surface area contributed by atoms with Crippen LogP contribution in [0.15, 0.2) is 46.0 Å². The number of allylic oxidation sites excluding steroid dienone is 2. The maximum absolute atomic E-state index is 14.0. The van der Waals surface area contributed by atoms with Gasteiger partial charge in [-0.2, -0.15) is 4.98 Å². The van der Waals surface area contributed by atoms with Gasteiger partial charge in [0.2, 0.25) is 5.95 Å². The van der Waals surface area contributed by atoms with Crippen LogP contribution in [0.1, 0.15) is 57.8 Å². The molecule has 1 atom stereocenters. The predicted octanol–water partition coefficient (Wildman–Crippen LogP) is 2.36. The number of Topliss-reactive ketones (excluding diaryl/α,β-unsaturated/α-hetero) is 1. The Hall–Kier alpha value is -4.88. The molecule has 3 aromatic rings. The number of piperidine rings is 1. The van der Waals surface area contributed by atoms with Crippen molar-refractivity contribution in [3.8, 4) is 5.75 Å². The number of aryl methyl sites for hydroxylation is 1. The maximum atomic E-state index is 14.0. The van der Waals surface area contributed by atoms with E-state index in [4.69, 9.17) is 14.5 Å². The Balaban J connectivity index is 1.69. The van der Waals surface area contributed by atoms with Crippen LogP contribution in [0.5, 0.6) is 5.75 Å². The Morgan fingerprint density at radius 2 is 1.87 bits per heavy atom. The highest BCUT2D eigenvalue weighted by Gasteiger charge is 2.29. The monoisotopic (exact) mass is 637 g/mol. The van der Waals surface area contributed by atoms with E-state index in [2.05, 4.69) is 10.6 Å². The molecule has 1 saturated heterocycles. The number of rotatable bonds is 11. The molecule has 0 spiro atoms. The highest BCUT2D eigenvalue weighted by atomic mass is 16.6. The predicted molar refractivity (Wildman–Crippen MR) is 174 cm³/mol. The zero-order valence-electron chi connectivity index (χ0n) is 27.3. The van der Waals surface area contributed by atoms with Gasteiger partial charge in [0, 0.05) is 39.3 Å². The van der Waals surface area contributed by atoms with E-state index in [-0.39, 0.29) is 41.0 Å². The number of hydrogen-bond acceptors (Lipinski definition) is 9. The van der Waals surface area contributed by atoms with Gasteiger partial charge in [0.1, 0.15) is 11.4 Å². The second kappa shape index (κ2) is 14.5. The summed E-state index contributed by atoms with van der Waals surface area (Å²) in [6, 6.07) is 6.16. The van der Waals surface area contributed by atoms with Crippen LogP contribution < -0.4 is 31.5 Å². The van der Waals surface area contributed by atoms with Gasteiger partial charge in [-0.1, -0.05) is 24.3 Å². The minimum absolute atomic E-state index is 0.140. The number of ketones is 1. The molecule has 0 bridgehead atoms. The smallest absolute Gasteiger partial charge is 0.407 e. The third kappa shape index (κ3) is 7.85. The number of fused-ring (bicyclic) bond motifs is 1. The van der Waals surface area contributed by atoms with Gasteiger partial charge in [0.25, 0.3) is 11.5 Å². The van der Waals surface area contributed by atoms with Gasteiger partial charge in [0.05, 0.1) is 12.1 Å². The number of imidazole rings is 1. The molecule has 46 heavy (non-hydrogen) atoms. The van der Waals surface area contributed by atoms with E-state index < -0.39 is 35.3 Å². The molecule has 1 aromatic carbocycles. The van der Waals surface area contributed by atoms with E-state index in [1.54, 1.807) is 50.5 Å². The fraction of sp³-hybridized carbons (Fsp3) is 0.500. The molecule has 14 nitrogen and oxygen atoms in total. The lowest BCUT2D eigenvalue weighted by Crippen LogP contribution is -2.49. The summed E-state index contributed by atoms with van der Waals surface area (Å²) in [7, 11) is 1.51. The van der Waals surface area contributed by atoms with Crippen molar-refractivity contribution in [1.29, 1.82) is 0 Å². The lowest BCUT2D eigenvalue weighted by molar-refractivity contribution is -0.123. The minimum Gasteiger partial charge on any atom is -0.483 e. The Kier molecular flexibility index (Phi) is 10.7. The second-order valence-electron chi connectivity index (χ2n) is 12.1. The van der Waals surface area contributed by atoms with Gasteiger partial charge < -0.3 is 29.6 Å². The molecule has 0 unspecified atom stereocenters. The van der Waals surface area contributed by atoms with Crippen molar-refractivity contribution >= 4 is 34.9 Å². The van der Waals surface area contributed by atoms with E-state index in [9.17, 15) is 24.0 Å². The number of benzene rings is 1. The normalized spacial score (nSPS) is 15.3. The summed E-state index contributed by atoms with van der Waals surface area (Å²) in [5, 5.41) is 5.56. The van der Waals surface area contributed by atoms with Gasteiger partial charge in [-0.15, -0.1) is 0 Å². The van der Waals surface area contributed by atoms with Crippen molar-refractivity contribution in [3.63, 3.8) is 0 Å². The summed E-state index contributed by atoms with van der Waals surface area (Å²) in [5.74, 6) is -0.225. The van der Waals surface area contributed by atoms with Crippen molar-refractivity contribution in [3.05, 3.63) is 62.8 Å². The summed E-state index contributed by atoms with van der Waals surface area (Å²) in [5.41, 5.74) is -1.49. The van der Waals surface area contributed by atoms with Crippen LogP contribution in [0.4, 0.5) is 10.7 Å². The van der Waals surface area contributed by atoms with Crippen LogP contribution in [0.3, 0.4) is 0 Å². The Morgan fingerprint density at radius 3 is 2.57 bits per heavy atom. The lowest BCUT2D eigenvalue weighted by Gasteiger charge is -2.34. The summed E-state index contributed by atoms with van der Waals surface area (Å²) in [6.45, 7) is 9.99. The van der Waals surface area contributed by atoms with Crippen molar-refractivity contribution in [2.24, 2.45) is 7.05 Å². The van der Waals surface area contributed by atoms with Crippen molar-refractivity contribution in [2.75, 3.05) is 31.1 Å². The Labute approximate surface area is 267 Å². The largest absolute Gasteiger partial charge is 0.483 e. The standard InChI is InChI=1S/C32H43N7O7/c1-7-9-17-38-26-27(35-29(38)37-16-12-13-21(18-37)34-30(43)46-32(3,4)5)36(6)31(44)39(28(26)42)19-23(40)22-14-10-11-15-24(22)45-20-25(41)33-8-2/h7,9-11,14-15,21H,8,12-13,16-20H2,1-6H3,(H,33,41)(H,34,43)/b9-7+/t21-/m0/s1. The number of anilines is 1. The zero-order valence-corrected chi connectivity index (χ0v) is 27.3. The summed E-state index contributed by atoms with van der Waals surface area (Å²) in [6.07, 6.45) is 4.71. The molecule has 14 heteroatoms. The van der Waals surface area contributed by atoms with Crippen molar-refractivity contribution in [1.82, 2.24) is 29.3 Å². The van der Waals surface area contributed by atoms with E-state index >= 15 is 0 Å². The Bertz CT molecular complexity index is 1750. The third-order valence-corrected chi connectivity index (χ3v) is 7.38. The number of alkyl carbamates (subject to hydrolysis) is 1. The average Bonchev–Trinajstić information content (AvgIpc) is 3.39. The molecular formula is C32H43N7O7. The van der Waals surface area contributed by atoms with Gasteiger partial charge in [-0.05, 0) is 59.6 Å². The molecule has 2 N–H and O–H groups in total. The SMILES string of the molecule is C/C=C/Cn1c(N2CCC[C@H](NC(=O)OC(C)(C)C)C2)nc2c1c(=O)n(CC(=O)c1ccccc1OCC(=O)NCC)c(=O)n2C. The number of ether oxygens (including phenoxy) is 2. The first-order chi connectivity index (χ1) is 21.8. The van der Waals surface area contributed by atoms with E-state index in [0.29, 0.717) is 32.1 Å². The van der Waals surface area contributed by atoms with Crippen LogP contribution in [0.2, 0.25) is 0 Å². The number of para-hydroxylation sites is 1. The molecule has 0 saturated carbocycles. The third-order valence-electron chi connectivity index (χ3n) is 7.38. The summed E-state index contributed by atoms with van der Waals surface area (Å²) < 4.78 is 14.9. The highest BCUT2D eigenvalue weighted by molar-refractivity contribution is 5.98. The van der Waals surface area contributed by atoms with Crippen molar-refractivity contribution < 1.29 is 23.9 Å². The number of likely N-dealkylation sites (N-methyl/N-ethyl adjacent to an activating group) is 1. The number of carbonyl (C=O) groups excluding carboxylic acids is 3. The van der Waals surface area contributed by atoms with Crippen LogP contribution in [0, 0.1) is 0 Å². The number of amides is 2. The van der Waals surface area contributed by atoms with E-state index in [1.165, 1.54) is 17.7 Å². The summed E-state index contributed by atoms with van der Waals surface area (Å²) in [4.78, 5) is 72.1. The van der Waals surface area contributed by atoms with Gasteiger partial charge in [-0.25, -0.2) is 9.59 Å². The number of nitrogens with one attached hydrogen (secondary N) is 2. The lowest BCUT2D eigenvalue weighted by atomic mass is 10.1. The average molecular weight is 638 g/mol. The number of hydrogen-bond donors (Lipinski definition) is 2. The molecule has 248 valence electrons. The molecule has 1 aliphatic heterocycles. The van der Waals surface area contributed by atoms with Crippen LogP contribution in [-0.4, -0.2) is 74.4 Å². The van der Waals surface area contributed by atoms with E-state index in [0.717, 1.165) is 17.4 Å². The number of nitrogens with zero attached hydrogens (tertiary/aromatic N) is 5. The first-order valence-corrected chi connectivity index (χ1v) is 15.4. The first kappa shape index (κ1) is 34.0. The zero-order chi connectivity index (χ0) is 33.6. The highest BCUT2D eigenvalue weighted by Crippen LogP contribution is 2.24. The van der Waals surface area contributed by atoms with E-state index in [1.807, 2.05) is 24.0 Å². The second-order valence-corrected chi connectivity index (χ2v) is 12.1. The minimum atomic E-state index is -0.697.